The normalized spacial score (nSPS) is 12.9. The standard InChI is InChI=1S/C46H33N4O2.Pt/c1-46(2,3)30-23-24-47-44(25-30)50-37-17-9-7-15-34(37)35-22-21-33(28-40(35)50)51-42-26-32(27-43-45(42)36-16-8-12-20-41(36)52-43)49-29-48(31-13-5-4-6-14-31)38-18-10-11-19-39(38)49;/h4-25,27,29H,1-3H3;/q-3;. The van der Waals surface area contributed by atoms with Gasteiger partial charge in [-0.15, -0.1) is 36.3 Å². The Morgan fingerprint density at radius 2 is 1.40 bits per heavy atom. The molecule has 0 aliphatic carbocycles. The molecule has 9 aromatic rings. The van der Waals surface area contributed by atoms with Gasteiger partial charge in [0.25, 0.3) is 0 Å². The minimum Gasteiger partial charge on any atom is -0.508 e. The second-order valence-corrected chi connectivity index (χ2v) is 14.2. The molecule has 0 unspecified atom stereocenters. The number of nitrogens with zero attached hydrogens (tertiary/aromatic N) is 4. The Labute approximate surface area is 322 Å². The average molecular weight is 869 g/mol. The monoisotopic (exact) mass is 868 g/mol. The van der Waals surface area contributed by atoms with Crippen LogP contribution in [0.15, 0.2) is 144 Å². The summed E-state index contributed by atoms with van der Waals surface area (Å²) in [6.07, 6.45) is 1.89. The van der Waals surface area contributed by atoms with Crippen LogP contribution >= 0.6 is 0 Å². The molecule has 0 N–H and O–H groups in total. The van der Waals surface area contributed by atoms with Crippen LogP contribution in [0.5, 0.6) is 11.5 Å². The quantitative estimate of drug-likeness (QED) is 0.161. The second kappa shape index (κ2) is 12.7. The van der Waals surface area contributed by atoms with Crippen LogP contribution in [-0.4, -0.2) is 9.55 Å². The molecule has 1 aliphatic heterocycles. The topological polar surface area (TPSA) is 46.7 Å². The first-order chi connectivity index (χ1) is 25.4. The summed E-state index contributed by atoms with van der Waals surface area (Å²) in [6.45, 7) is 8.76. The Balaban J connectivity index is 0.00000372. The van der Waals surface area contributed by atoms with E-state index in [1.807, 2.05) is 42.6 Å². The van der Waals surface area contributed by atoms with Gasteiger partial charge < -0.3 is 23.5 Å². The van der Waals surface area contributed by atoms with Gasteiger partial charge in [-0.3, -0.25) is 0 Å². The predicted molar refractivity (Wildman–Crippen MR) is 210 cm³/mol. The molecule has 6 nitrogen and oxygen atoms in total. The summed E-state index contributed by atoms with van der Waals surface area (Å²) in [7, 11) is 0. The van der Waals surface area contributed by atoms with Crippen LogP contribution in [0, 0.1) is 18.8 Å². The molecule has 0 fully saturated rings. The Morgan fingerprint density at radius 3 is 2.21 bits per heavy atom. The van der Waals surface area contributed by atoms with Crippen molar-refractivity contribution in [2.75, 3.05) is 9.80 Å². The molecule has 0 saturated heterocycles. The Morgan fingerprint density at radius 1 is 0.679 bits per heavy atom. The fourth-order valence-corrected chi connectivity index (χ4v) is 7.33. The van der Waals surface area contributed by atoms with Gasteiger partial charge in [0.15, 0.2) is 0 Å². The molecular weight excluding hydrogens is 836 g/mol. The molecule has 1 aliphatic rings. The molecule has 262 valence electrons. The van der Waals surface area contributed by atoms with E-state index in [-0.39, 0.29) is 26.5 Å². The number of furan rings is 1. The third kappa shape index (κ3) is 5.48. The number of fused-ring (bicyclic) bond motifs is 7. The SMILES string of the molecule is CC(C)(C)c1ccnc(-n2c3[c-]c(Oc4[c-]c(N5[CH-]N(c6ccccc6)c6ccccc65)cc5oc6ccccc6c45)ccc3c3ccccc32)c1.[Pt]. The molecule has 0 radical (unpaired) electrons. The molecule has 53 heavy (non-hydrogen) atoms. The van der Waals surface area contributed by atoms with Crippen LogP contribution in [0.1, 0.15) is 26.3 Å². The number of hydrogen-bond donors (Lipinski definition) is 0. The first kappa shape index (κ1) is 33.0. The summed E-state index contributed by atoms with van der Waals surface area (Å²) in [5.74, 6) is 1.97. The van der Waals surface area contributed by atoms with E-state index in [9.17, 15) is 0 Å². The van der Waals surface area contributed by atoms with Gasteiger partial charge in [0.05, 0.1) is 0 Å². The Hall–Kier alpha value is -5.84. The molecule has 3 aromatic heterocycles. The average Bonchev–Trinajstić information content (AvgIpc) is 3.85. The fraction of sp³-hybridized carbons (Fsp3) is 0.0870. The van der Waals surface area contributed by atoms with Gasteiger partial charge in [-0.05, 0) is 75.7 Å². The molecular formula is C46H33N4O2Pt-3. The largest absolute Gasteiger partial charge is 0.508 e. The summed E-state index contributed by atoms with van der Waals surface area (Å²) < 4.78 is 15.5. The molecule has 4 heterocycles. The third-order valence-corrected chi connectivity index (χ3v) is 9.89. The minimum atomic E-state index is -0.0283. The van der Waals surface area contributed by atoms with Gasteiger partial charge in [-0.2, -0.15) is 6.07 Å². The first-order valence-electron chi connectivity index (χ1n) is 17.5. The van der Waals surface area contributed by atoms with Crippen LogP contribution in [0.25, 0.3) is 49.6 Å². The van der Waals surface area contributed by atoms with E-state index in [2.05, 4.69) is 151 Å². The van der Waals surface area contributed by atoms with Crippen molar-refractivity contribution in [3.8, 4) is 17.3 Å². The van der Waals surface area contributed by atoms with E-state index < -0.39 is 0 Å². The van der Waals surface area contributed by atoms with Crippen LogP contribution in [0.2, 0.25) is 0 Å². The van der Waals surface area contributed by atoms with E-state index in [0.29, 0.717) is 17.1 Å². The van der Waals surface area contributed by atoms with Crippen LogP contribution in [0.3, 0.4) is 0 Å². The smallest absolute Gasteiger partial charge is 0.135 e. The molecule has 10 rings (SSSR count). The van der Waals surface area contributed by atoms with E-state index in [4.69, 9.17) is 14.1 Å². The zero-order valence-electron chi connectivity index (χ0n) is 29.3. The van der Waals surface area contributed by atoms with Crippen LogP contribution < -0.4 is 14.5 Å². The molecule has 6 aromatic carbocycles. The van der Waals surface area contributed by atoms with Crippen molar-refractivity contribution in [2.45, 2.75) is 26.2 Å². The van der Waals surface area contributed by atoms with Gasteiger partial charge in [-0.1, -0.05) is 98.7 Å². The summed E-state index contributed by atoms with van der Waals surface area (Å²) in [4.78, 5) is 9.18. The Bertz CT molecular complexity index is 2820. The molecule has 0 bridgehead atoms. The summed E-state index contributed by atoms with van der Waals surface area (Å²) >= 11 is 0. The number of hydrogen-bond acceptors (Lipinski definition) is 5. The number of ether oxygens (including phenoxy) is 1. The maximum atomic E-state index is 6.87. The third-order valence-electron chi connectivity index (χ3n) is 9.89. The van der Waals surface area contributed by atoms with Gasteiger partial charge in [-0.25, -0.2) is 4.98 Å². The molecule has 0 spiro atoms. The second-order valence-electron chi connectivity index (χ2n) is 14.2. The number of benzene rings is 6. The molecule has 0 saturated carbocycles. The maximum absolute atomic E-state index is 6.87. The number of anilines is 4. The maximum Gasteiger partial charge on any atom is 0.135 e. The van der Waals surface area contributed by atoms with E-state index in [1.165, 1.54) is 5.56 Å². The van der Waals surface area contributed by atoms with Crippen molar-refractivity contribution < 1.29 is 30.2 Å². The number of aromatic nitrogens is 2. The number of rotatable bonds is 5. The van der Waals surface area contributed by atoms with Gasteiger partial charge in [0, 0.05) is 66.9 Å². The van der Waals surface area contributed by atoms with Crippen molar-refractivity contribution in [3.63, 3.8) is 0 Å². The molecule has 0 amide bonds. The van der Waals surface area contributed by atoms with Crippen molar-refractivity contribution in [3.05, 3.63) is 164 Å². The predicted octanol–water partition coefficient (Wildman–Crippen LogP) is 12.2. The van der Waals surface area contributed by atoms with Crippen molar-refractivity contribution in [1.82, 2.24) is 9.55 Å². The van der Waals surface area contributed by atoms with Gasteiger partial charge in [0.2, 0.25) is 0 Å². The number of para-hydroxylation sites is 5. The first-order valence-corrected chi connectivity index (χ1v) is 17.5. The molecule has 0 atom stereocenters. The van der Waals surface area contributed by atoms with E-state index in [0.717, 1.165) is 66.7 Å². The van der Waals surface area contributed by atoms with Gasteiger partial charge in [0.1, 0.15) is 11.4 Å². The van der Waals surface area contributed by atoms with Crippen molar-refractivity contribution >= 4 is 66.5 Å². The van der Waals surface area contributed by atoms with Crippen molar-refractivity contribution in [2.24, 2.45) is 0 Å². The van der Waals surface area contributed by atoms with Crippen LogP contribution in [-0.2, 0) is 26.5 Å². The fourth-order valence-electron chi connectivity index (χ4n) is 7.33. The minimum absolute atomic E-state index is 0. The van der Waals surface area contributed by atoms with E-state index >= 15 is 0 Å². The molecule has 7 heteroatoms. The Kier molecular flexibility index (Phi) is 7.90. The van der Waals surface area contributed by atoms with Gasteiger partial charge >= 0.3 is 0 Å². The van der Waals surface area contributed by atoms with E-state index in [1.54, 1.807) is 0 Å². The zero-order valence-corrected chi connectivity index (χ0v) is 31.6. The van der Waals surface area contributed by atoms with Crippen molar-refractivity contribution in [1.29, 1.82) is 0 Å². The van der Waals surface area contributed by atoms with Crippen LogP contribution in [0.4, 0.5) is 22.7 Å². The summed E-state index contributed by atoms with van der Waals surface area (Å²) in [5, 5.41) is 4.03. The zero-order chi connectivity index (χ0) is 35.0. The summed E-state index contributed by atoms with van der Waals surface area (Å²) in [6, 6.07) is 52.9. The summed E-state index contributed by atoms with van der Waals surface area (Å²) in [5.41, 5.74) is 8.61. The number of pyridine rings is 1.